The number of ether oxygens (including phenoxy) is 1. The summed E-state index contributed by atoms with van der Waals surface area (Å²) in [6, 6.07) is 10.3. The number of carbonyl (C=O) groups is 1. The highest BCUT2D eigenvalue weighted by Crippen LogP contribution is 2.29. The lowest BCUT2D eigenvalue weighted by Gasteiger charge is -2.06. The summed E-state index contributed by atoms with van der Waals surface area (Å²) in [5.41, 5.74) is 0.438. The lowest BCUT2D eigenvalue weighted by molar-refractivity contribution is -0.137. The largest absolute Gasteiger partial charge is 0.445 e. The van der Waals surface area contributed by atoms with Gasteiger partial charge in [-0.15, -0.1) is 0 Å². The topological polar surface area (TPSA) is 51.2 Å². The molecule has 0 fully saturated rings. The quantitative estimate of drug-likeness (QED) is 0.784. The Labute approximate surface area is 143 Å². The summed E-state index contributed by atoms with van der Waals surface area (Å²) in [6.07, 6.45) is 0.804. The molecule has 1 aromatic heterocycles. The minimum Gasteiger partial charge on any atom is -0.445 e. The highest BCUT2D eigenvalue weighted by molar-refractivity contribution is 5.67. The lowest BCUT2D eigenvalue weighted by Crippen LogP contribution is -2.24. The number of amides is 1. The number of benzene rings is 1. The maximum absolute atomic E-state index is 12.6. The maximum Gasteiger partial charge on any atom is 0.417 e. The van der Waals surface area contributed by atoms with Crippen LogP contribution >= 0.6 is 0 Å². The second-order valence-electron chi connectivity index (χ2n) is 5.18. The number of pyridine rings is 1. The second kappa shape index (κ2) is 8.86. The van der Waals surface area contributed by atoms with Gasteiger partial charge in [-0.05, 0) is 23.6 Å². The molecule has 2 aromatic rings. The van der Waals surface area contributed by atoms with Crippen molar-refractivity contribution in [1.82, 2.24) is 10.3 Å². The van der Waals surface area contributed by atoms with Crippen molar-refractivity contribution in [3.8, 4) is 0 Å². The Hall–Kier alpha value is -2.83. The molecule has 0 bridgehead atoms. The van der Waals surface area contributed by atoms with Crippen LogP contribution in [-0.4, -0.2) is 17.6 Å². The first-order valence-corrected chi connectivity index (χ1v) is 7.58. The fourth-order valence-electron chi connectivity index (χ4n) is 1.96. The molecule has 0 saturated carbocycles. The predicted molar refractivity (Wildman–Crippen MR) is 87.5 cm³/mol. The zero-order valence-corrected chi connectivity index (χ0v) is 13.3. The molecule has 7 heteroatoms. The Morgan fingerprint density at radius 1 is 1.20 bits per heavy atom. The van der Waals surface area contributed by atoms with Crippen molar-refractivity contribution in [1.29, 1.82) is 0 Å². The van der Waals surface area contributed by atoms with Gasteiger partial charge in [-0.2, -0.15) is 13.2 Å². The number of nitrogens with zero attached hydrogens (tertiary/aromatic N) is 1. The van der Waals surface area contributed by atoms with Gasteiger partial charge in [0.2, 0.25) is 0 Å². The predicted octanol–water partition coefficient (Wildman–Crippen LogP) is 4.43. The number of nitrogens with one attached hydrogen (secondary N) is 1. The van der Waals surface area contributed by atoms with Gasteiger partial charge in [0, 0.05) is 18.9 Å². The average Bonchev–Trinajstić information content (AvgIpc) is 2.60. The van der Waals surface area contributed by atoms with E-state index in [0.717, 1.165) is 17.8 Å². The zero-order chi connectivity index (χ0) is 18.1. The van der Waals surface area contributed by atoms with Gasteiger partial charge < -0.3 is 10.1 Å². The minimum atomic E-state index is -4.42. The van der Waals surface area contributed by atoms with Crippen molar-refractivity contribution in [2.45, 2.75) is 19.2 Å². The van der Waals surface area contributed by atoms with Crippen molar-refractivity contribution < 1.29 is 22.7 Å². The molecule has 25 heavy (non-hydrogen) atoms. The molecule has 4 nitrogen and oxygen atoms in total. The molecule has 1 aromatic carbocycles. The van der Waals surface area contributed by atoms with Gasteiger partial charge in [-0.3, -0.25) is 4.98 Å². The SMILES string of the molecule is O=C(NCCC=Cc1cncc(C(F)(F)F)c1)OCc1ccccc1. The Bertz CT molecular complexity index is 716. The fraction of sp³-hybridized carbons (Fsp3) is 0.222. The van der Waals surface area contributed by atoms with Crippen LogP contribution in [0, 0.1) is 0 Å². The standard InChI is InChI=1S/C18H17F3N2O2/c19-18(20,21)16-10-15(11-22-12-16)8-4-5-9-23-17(24)25-13-14-6-2-1-3-7-14/h1-4,6-8,10-12H,5,9,13H2,(H,23,24). The number of hydrogen-bond acceptors (Lipinski definition) is 3. The number of carbonyl (C=O) groups excluding carboxylic acids is 1. The van der Waals surface area contributed by atoms with Crippen LogP contribution in [0.15, 0.2) is 54.9 Å². The molecule has 0 unspecified atom stereocenters. The minimum absolute atomic E-state index is 0.179. The van der Waals surface area contributed by atoms with E-state index in [9.17, 15) is 18.0 Å². The Kier molecular flexibility index (Phi) is 6.56. The highest BCUT2D eigenvalue weighted by atomic mass is 19.4. The smallest absolute Gasteiger partial charge is 0.417 e. The average molecular weight is 350 g/mol. The third kappa shape index (κ3) is 6.66. The van der Waals surface area contributed by atoms with Crippen molar-refractivity contribution in [2.24, 2.45) is 0 Å². The monoisotopic (exact) mass is 350 g/mol. The Morgan fingerprint density at radius 2 is 1.96 bits per heavy atom. The Balaban J connectivity index is 1.70. The Morgan fingerprint density at radius 3 is 2.68 bits per heavy atom. The van der Waals surface area contributed by atoms with Crippen LogP contribution in [0.25, 0.3) is 6.08 Å². The molecule has 1 amide bonds. The number of hydrogen-bond donors (Lipinski definition) is 1. The van der Waals surface area contributed by atoms with E-state index in [4.69, 9.17) is 4.74 Å². The van der Waals surface area contributed by atoms with Crippen LogP contribution in [-0.2, 0) is 17.5 Å². The lowest BCUT2D eigenvalue weighted by atomic mass is 10.2. The molecular weight excluding hydrogens is 333 g/mol. The van der Waals surface area contributed by atoms with Gasteiger partial charge in [0.05, 0.1) is 5.56 Å². The molecule has 2 rings (SSSR count). The molecule has 1 N–H and O–H groups in total. The first-order valence-electron chi connectivity index (χ1n) is 7.58. The van der Waals surface area contributed by atoms with Crippen LogP contribution in [0.1, 0.15) is 23.1 Å². The molecule has 1 heterocycles. The molecule has 0 spiro atoms. The zero-order valence-electron chi connectivity index (χ0n) is 13.3. The second-order valence-corrected chi connectivity index (χ2v) is 5.18. The molecule has 132 valence electrons. The van der Waals surface area contributed by atoms with Crippen molar-refractivity contribution in [3.05, 3.63) is 71.6 Å². The van der Waals surface area contributed by atoms with Crippen LogP contribution in [0.4, 0.5) is 18.0 Å². The first-order chi connectivity index (χ1) is 11.9. The van der Waals surface area contributed by atoms with E-state index in [0.29, 0.717) is 18.5 Å². The number of alkyl carbamates (subject to hydrolysis) is 1. The maximum atomic E-state index is 12.6. The van der Waals surface area contributed by atoms with Crippen molar-refractivity contribution in [3.63, 3.8) is 0 Å². The summed E-state index contributed by atoms with van der Waals surface area (Å²) in [7, 11) is 0. The molecule has 0 saturated heterocycles. The fourth-order valence-corrected chi connectivity index (χ4v) is 1.96. The third-order valence-corrected chi connectivity index (χ3v) is 3.19. The van der Waals surface area contributed by atoms with Crippen LogP contribution in [0.2, 0.25) is 0 Å². The third-order valence-electron chi connectivity index (χ3n) is 3.19. The van der Waals surface area contributed by atoms with Crippen LogP contribution in [0.5, 0.6) is 0 Å². The molecule has 0 aliphatic heterocycles. The van der Waals surface area contributed by atoms with Gasteiger partial charge in [-0.25, -0.2) is 4.79 Å². The van der Waals surface area contributed by atoms with E-state index >= 15 is 0 Å². The molecule has 0 atom stereocenters. The van der Waals surface area contributed by atoms with E-state index in [2.05, 4.69) is 10.3 Å². The highest BCUT2D eigenvalue weighted by Gasteiger charge is 2.30. The number of alkyl halides is 3. The van der Waals surface area contributed by atoms with Gasteiger partial charge in [0.15, 0.2) is 0 Å². The van der Waals surface area contributed by atoms with Crippen molar-refractivity contribution in [2.75, 3.05) is 6.54 Å². The van der Waals surface area contributed by atoms with E-state index in [-0.39, 0.29) is 6.61 Å². The molecular formula is C18H17F3N2O2. The summed E-state index contributed by atoms with van der Waals surface area (Å²) in [5, 5.41) is 2.57. The van der Waals surface area contributed by atoms with E-state index in [1.807, 2.05) is 30.3 Å². The summed E-state index contributed by atoms with van der Waals surface area (Å²) >= 11 is 0. The summed E-state index contributed by atoms with van der Waals surface area (Å²) < 4.78 is 42.7. The van der Waals surface area contributed by atoms with E-state index in [1.165, 1.54) is 12.3 Å². The first kappa shape index (κ1) is 18.5. The number of aromatic nitrogens is 1. The van der Waals surface area contributed by atoms with E-state index in [1.54, 1.807) is 6.08 Å². The summed E-state index contributed by atoms with van der Waals surface area (Å²) in [4.78, 5) is 15.1. The van der Waals surface area contributed by atoms with E-state index < -0.39 is 17.8 Å². The van der Waals surface area contributed by atoms with Crippen LogP contribution < -0.4 is 5.32 Å². The van der Waals surface area contributed by atoms with Crippen LogP contribution in [0.3, 0.4) is 0 Å². The summed E-state index contributed by atoms with van der Waals surface area (Å²) in [5.74, 6) is 0. The normalized spacial score (nSPS) is 11.5. The van der Waals surface area contributed by atoms with Gasteiger partial charge in [-0.1, -0.05) is 42.5 Å². The van der Waals surface area contributed by atoms with Crippen molar-refractivity contribution >= 4 is 12.2 Å². The number of halogens is 3. The summed E-state index contributed by atoms with van der Waals surface area (Å²) in [6.45, 7) is 0.495. The van der Waals surface area contributed by atoms with Gasteiger partial charge in [0.25, 0.3) is 0 Å². The molecule has 0 radical (unpaired) electrons. The van der Waals surface area contributed by atoms with Gasteiger partial charge >= 0.3 is 12.3 Å². The van der Waals surface area contributed by atoms with Gasteiger partial charge in [0.1, 0.15) is 6.61 Å². The number of rotatable bonds is 6. The molecule has 0 aliphatic carbocycles. The molecule has 0 aliphatic rings.